The Balaban J connectivity index is 1.26. The van der Waals surface area contributed by atoms with E-state index in [9.17, 15) is 10.2 Å². The monoisotopic (exact) mass is 1130 g/mol. The molecule has 0 aliphatic carbocycles. The fourth-order valence-corrected chi connectivity index (χ4v) is 21.8. The number of phenolic OH excluding ortho intramolecular Hbond substituents is 2. The van der Waals surface area contributed by atoms with Crippen molar-refractivity contribution in [2.24, 2.45) is 0 Å². The van der Waals surface area contributed by atoms with Gasteiger partial charge < -0.3 is 19.1 Å². The number of aromatic hydroxyl groups is 2. The van der Waals surface area contributed by atoms with E-state index in [2.05, 4.69) is 233 Å². The second kappa shape index (κ2) is 19.9. The van der Waals surface area contributed by atoms with Crippen molar-refractivity contribution in [3.05, 3.63) is 226 Å². The molecule has 370 valence electrons. The molecule has 10 aromatic carbocycles. The Hall–Kier alpha value is -6.69. The van der Waals surface area contributed by atoms with Crippen LogP contribution in [0, 0.1) is 13.8 Å². The zero-order valence-electron chi connectivity index (χ0n) is 43.1. The average Bonchev–Trinajstić information content (AvgIpc) is 3.38. The molecule has 0 aliphatic heterocycles. The Kier molecular flexibility index (Phi) is 13.6. The van der Waals surface area contributed by atoms with Crippen molar-refractivity contribution in [1.29, 1.82) is 0 Å². The van der Waals surface area contributed by atoms with Crippen LogP contribution in [-0.2, 0) is 0 Å². The highest BCUT2D eigenvalue weighted by molar-refractivity contribution is 9.11. The summed E-state index contributed by atoms with van der Waals surface area (Å²) in [6.07, 6.45) is 0. The Morgan fingerprint density at radius 3 is 0.946 bits per heavy atom. The van der Waals surface area contributed by atoms with Crippen LogP contribution in [0.4, 0.5) is 0 Å². The number of hydrogen-bond acceptors (Lipinski definition) is 4. The molecule has 4 nitrogen and oxygen atoms in total. The van der Waals surface area contributed by atoms with Gasteiger partial charge in [0.05, 0.1) is 8.95 Å². The largest absolute Gasteiger partial charge is 0.533 e. The number of benzene rings is 10. The number of hydrogen-bond donors (Lipinski definition) is 2. The van der Waals surface area contributed by atoms with Gasteiger partial charge in [-0.05, 0) is 146 Å². The molecule has 0 radical (unpaired) electrons. The first-order chi connectivity index (χ1) is 35.4. The summed E-state index contributed by atoms with van der Waals surface area (Å²) < 4.78 is 17.3. The minimum atomic E-state index is -3.19. The fourth-order valence-electron chi connectivity index (χ4n) is 11.3. The van der Waals surface area contributed by atoms with Crippen LogP contribution in [0.2, 0.25) is 10.1 Å². The van der Waals surface area contributed by atoms with Crippen LogP contribution in [-0.4, -0.2) is 26.8 Å². The summed E-state index contributed by atoms with van der Waals surface area (Å²) >= 11 is 8.04. The van der Waals surface area contributed by atoms with Gasteiger partial charge in [0.1, 0.15) is 23.0 Å². The summed E-state index contributed by atoms with van der Waals surface area (Å²) in [5, 5.41) is 34.2. The SMILES string of the molecule is Cc1cc(Br)c(O[Si](c2ccccc2)(c2ccccc2)C(C)(C)C)c(-c2cc3ccccc3c(-c3c(O)c(-c4cc(C)cc(Br)c4O[Si](c4ccccc4)(c4ccccc4)C(C)(C)C)cc4ccccc34)c2O)c1. The summed E-state index contributed by atoms with van der Waals surface area (Å²) in [5.41, 5.74) is 5.65. The van der Waals surface area contributed by atoms with E-state index in [1.807, 2.05) is 60.7 Å². The van der Waals surface area contributed by atoms with Gasteiger partial charge in [0.15, 0.2) is 0 Å². The molecule has 0 aromatic heterocycles. The molecule has 10 aromatic rings. The molecular weight excluding hydrogens is 1070 g/mol. The van der Waals surface area contributed by atoms with Crippen molar-refractivity contribution in [2.45, 2.75) is 65.5 Å². The predicted octanol–water partition coefficient (Wildman–Crippen LogP) is 16.4. The summed E-state index contributed by atoms with van der Waals surface area (Å²) in [5.74, 6) is 1.33. The molecule has 0 saturated heterocycles. The van der Waals surface area contributed by atoms with Gasteiger partial charge in [-0.1, -0.05) is 211 Å². The lowest BCUT2D eigenvalue weighted by atomic mass is 9.86. The normalized spacial score (nSPS) is 12.3. The molecule has 0 saturated carbocycles. The van der Waals surface area contributed by atoms with Crippen molar-refractivity contribution >= 4 is 90.8 Å². The highest BCUT2D eigenvalue weighted by Gasteiger charge is 2.54. The first-order valence-electron chi connectivity index (χ1n) is 25.2. The van der Waals surface area contributed by atoms with E-state index in [0.717, 1.165) is 73.5 Å². The van der Waals surface area contributed by atoms with E-state index >= 15 is 0 Å². The summed E-state index contributed by atoms with van der Waals surface area (Å²) in [6.45, 7) is 17.7. The van der Waals surface area contributed by atoms with Crippen LogP contribution in [0.3, 0.4) is 0 Å². The third kappa shape index (κ3) is 8.79. The van der Waals surface area contributed by atoms with Crippen LogP contribution in [0.25, 0.3) is 54.9 Å². The van der Waals surface area contributed by atoms with Gasteiger partial charge in [-0.15, -0.1) is 0 Å². The quantitative estimate of drug-likeness (QED) is 0.127. The second-order valence-corrected chi connectivity index (χ2v) is 31.7. The molecule has 0 amide bonds. The maximum atomic E-state index is 13.5. The molecule has 0 spiro atoms. The molecule has 0 bridgehead atoms. The van der Waals surface area contributed by atoms with Crippen molar-refractivity contribution in [1.82, 2.24) is 0 Å². The lowest BCUT2D eigenvalue weighted by Gasteiger charge is -2.43. The highest BCUT2D eigenvalue weighted by Crippen LogP contribution is 2.55. The van der Waals surface area contributed by atoms with Gasteiger partial charge in [0, 0.05) is 33.4 Å². The van der Waals surface area contributed by atoms with Gasteiger partial charge >= 0.3 is 16.6 Å². The average molecular weight is 1130 g/mol. The van der Waals surface area contributed by atoms with E-state index in [1.165, 1.54) is 0 Å². The Morgan fingerprint density at radius 2 is 0.649 bits per heavy atom. The first-order valence-corrected chi connectivity index (χ1v) is 30.6. The number of fused-ring (bicyclic) bond motifs is 2. The van der Waals surface area contributed by atoms with Crippen molar-refractivity contribution < 1.29 is 19.1 Å². The number of phenols is 2. The van der Waals surface area contributed by atoms with Gasteiger partial charge in [0.25, 0.3) is 0 Å². The van der Waals surface area contributed by atoms with Gasteiger partial charge in [0.2, 0.25) is 0 Å². The third-order valence-electron chi connectivity index (χ3n) is 14.6. The lowest BCUT2D eigenvalue weighted by Crippen LogP contribution is -2.68. The smallest absolute Gasteiger partial charge is 0.320 e. The molecule has 0 atom stereocenters. The molecular formula is C66H60Br2O4Si2. The van der Waals surface area contributed by atoms with Crippen LogP contribution >= 0.6 is 31.9 Å². The molecule has 8 heteroatoms. The summed E-state index contributed by atoms with van der Waals surface area (Å²) in [7, 11) is -6.39. The number of aryl methyl sites for hydroxylation is 2. The molecule has 0 fully saturated rings. The second-order valence-electron chi connectivity index (χ2n) is 21.5. The number of rotatable bonds is 11. The van der Waals surface area contributed by atoms with Crippen LogP contribution < -0.4 is 29.6 Å². The van der Waals surface area contributed by atoms with Gasteiger partial charge in [-0.2, -0.15) is 0 Å². The fraction of sp³-hybridized carbons (Fsp3) is 0.152. The summed E-state index contributed by atoms with van der Waals surface area (Å²) in [4.78, 5) is 0. The van der Waals surface area contributed by atoms with E-state index in [4.69, 9.17) is 8.85 Å². The van der Waals surface area contributed by atoms with Gasteiger partial charge in [-0.3, -0.25) is 0 Å². The van der Waals surface area contributed by atoms with Crippen LogP contribution in [0.15, 0.2) is 215 Å². The maximum absolute atomic E-state index is 13.5. The van der Waals surface area contributed by atoms with Crippen molar-refractivity contribution in [3.8, 4) is 56.4 Å². The molecule has 0 aliphatic rings. The van der Waals surface area contributed by atoms with E-state index in [-0.39, 0.29) is 21.6 Å². The van der Waals surface area contributed by atoms with E-state index in [1.54, 1.807) is 0 Å². The maximum Gasteiger partial charge on any atom is 0.320 e. The van der Waals surface area contributed by atoms with Gasteiger partial charge in [-0.25, -0.2) is 0 Å². The molecule has 10 rings (SSSR count). The minimum Gasteiger partial charge on any atom is -0.533 e. The summed E-state index contributed by atoms with van der Waals surface area (Å²) in [6, 6.07) is 71.2. The lowest BCUT2D eigenvalue weighted by molar-refractivity contribution is 0.471. The van der Waals surface area contributed by atoms with E-state index in [0.29, 0.717) is 33.8 Å². The third-order valence-corrected chi connectivity index (χ3v) is 25.6. The van der Waals surface area contributed by atoms with Crippen molar-refractivity contribution in [3.63, 3.8) is 0 Å². The highest BCUT2D eigenvalue weighted by atomic mass is 79.9. The van der Waals surface area contributed by atoms with Crippen molar-refractivity contribution in [2.75, 3.05) is 0 Å². The molecule has 0 unspecified atom stereocenters. The topological polar surface area (TPSA) is 58.9 Å². The molecule has 0 heterocycles. The molecule has 74 heavy (non-hydrogen) atoms. The minimum absolute atomic E-state index is 0.0281. The zero-order chi connectivity index (χ0) is 52.2. The van der Waals surface area contributed by atoms with Crippen LogP contribution in [0.5, 0.6) is 23.0 Å². The Morgan fingerprint density at radius 1 is 0.365 bits per heavy atom. The van der Waals surface area contributed by atoms with E-state index < -0.39 is 16.6 Å². The Bertz CT molecular complexity index is 3380. The van der Waals surface area contributed by atoms with Crippen LogP contribution in [0.1, 0.15) is 52.7 Å². The zero-order valence-corrected chi connectivity index (χ0v) is 48.3. The predicted molar refractivity (Wildman–Crippen MR) is 322 cm³/mol. The molecule has 2 N–H and O–H groups in total. The number of halogens is 2. The first kappa shape index (κ1) is 50.8. The standard InChI is InChI=1S/C66H60Br2O4Si2/c1-43-37-55(63(57(67)39-43)71-73(65(3,4)5,47-27-13-9-14-28-47)48-29-15-10-16-30-48)53-41-45-25-21-23-35-51(45)59(61(53)69)60-52-36-24-22-26-46(52)42-54(62(60)70)56-38-44(2)40-58(68)64(56)72-74(66(6,7)8,49-31-17-11-18-32-49)50-33-19-12-20-34-50/h9-42,69-70H,1-8H3. The Labute approximate surface area is 454 Å².